The van der Waals surface area contributed by atoms with Crippen molar-refractivity contribution in [2.75, 3.05) is 13.2 Å². The van der Waals surface area contributed by atoms with Gasteiger partial charge in [0, 0.05) is 6.92 Å². The topological polar surface area (TPSA) is 76.7 Å². The van der Waals surface area contributed by atoms with E-state index in [1.54, 1.807) is 24.3 Å². The summed E-state index contributed by atoms with van der Waals surface area (Å²) in [5.41, 5.74) is 2.84. The largest absolute Gasteiger partial charge is 0.460 e. The average Bonchev–Trinajstić information content (AvgIpc) is 3.08. The van der Waals surface area contributed by atoms with Crippen LogP contribution in [0.3, 0.4) is 0 Å². The van der Waals surface area contributed by atoms with Gasteiger partial charge in [0.2, 0.25) is 0 Å². The minimum absolute atomic E-state index is 0.135. The maximum Gasteiger partial charge on any atom is 0.342 e. The lowest BCUT2D eigenvalue weighted by Crippen LogP contribution is -2.38. The molecule has 1 atom stereocenters. The number of aryl methyl sites for hydroxylation is 1. The highest BCUT2D eigenvalue weighted by atomic mass is 32.1. The third-order valence-corrected chi connectivity index (χ3v) is 4.68. The molecule has 1 unspecified atom stereocenters. The lowest BCUT2D eigenvalue weighted by Gasteiger charge is -2.17. The van der Waals surface area contributed by atoms with Crippen molar-refractivity contribution in [3.8, 4) is 5.75 Å². The van der Waals surface area contributed by atoms with Crippen molar-refractivity contribution in [3.63, 3.8) is 0 Å². The van der Waals surface area contributed by atoms with Crippen molar-refractivity contribution in [2.45, 2.75) is 25.8 Å². The maximum absolute atomic E-state index is 12.2. The average molecular weight is 398 g/mol. The van der Waals surface area contributed by atoms with E-state index in [9.17, 15) is 9.59 Å². The highest BCUT2D eigenvalue weighted by molar-refractivity contribution is 7.80. The molecule has 0 bridgehead atoms. The number of thiocarbonyl (C=S) groups is 1. The van der Waals surface area contributed by atoms with Gasteiger partial charge in [0.05, 0.1) is 12.6 Å². The van der Waals surface area contributed by atoms with Crippen molar-refractivity contribution in [3.05, 3.63) is 65.2 Å². The molecule has 28 heavy (non-hydrogen) atoms. The first kappa shape index (κ1) is 19.8. The van der Waals surface area contributed by atoms with Crippen LogP contribution in [0, 0.1) is 0 Å². The molecule has 0 aliphatic heterocycles. The zero-order chi connectivity index (χ0) is 19.9. The Morgan fingerprint density at radius 3 is 2.71 bits per heavy atom. The van der Waals surface area contributed by atoms with Crippen LogP contribution in [0.25, 0.3) is 0 Å². The fraction of sp³-hybridized carbons (Fsp3) is 0.286. The van der Waals surface area contributed by atoms with E-state index in [0.717, 1.165) is 12.8 Å². The Hall–Kier alpha value is -2.93. The molecular formula is C21H22N2O4S. The third kappa shape index (κ3) is 5.07. The highest BCUT2D eigenvalue weighted by Gasteiger charge is 2.22. The molecule has 0 saturated carbocycles. The van der Waals surface area contributed by atoms with Gasteiger partial charge in [-0.25, -0.2) is 4.79 Å². The molecule has 7 heteroatoms. The van der Waals surface area contributed by atoms with E-state index in [2.05, 4.69) is 22.8 Å². The van der Waals surface area contributed by atoms with Crippen molar-refractivity contribution >= 4 is 29.3 Å². The Bertz CT molecular complexity index is 884. The van der Waals surface area contributed by atoms with Crippen LogP contribution in [-0.4, -0.2) is 30.2 Å². The molecule has 2 aromatic carbocycles. The molecule has 0 spiro atoms. The number of hydrogen-bond acceptors (Lipinski definition) is 5. The molecule has 0 amide bonds. The van der Waals surface area contributed by atoms with Gasteiger partial charge >= 0.3 is 11.9 Å². The summed E-state index contributed by atoms with van der Waals surface area (Å²) >= 11 is 5.34. The van der Waals surface area contributed by atoms with E-state index in [1.807, 2.05) is 12.1 Å². The van der Waals surface area contributed by atoms with Crippen molar-refractivity contribution in [2.24, 2.45) is 0 Å². The number of hydrogen-bond donors (Lipinski definition) is 2. The van der Waals surface area contributed by atoms with Gasteiger partial charge in [-0.1, -0.05) is 36.4 Å². The number of fused-ring (bicyclic) bond motifs is 1. The zero-order valence-corrected chi connectivity index (χ0v) is 16.4. The zero-order valence-electron chi connectivity index (χ0n) is 15.6. The van der Waals surface area contributed by atoms with Gasteiger partial charge in [-0.15, -0.1) is 0 Å². The quantitative estimate of drug-likeness (QED) is 0.335. The normalized spacial score (nSPS) is 14.7. The lowest BCUT2D eigenvalue weighted by atomic mass is 10.1. The molecule has 0 aromatic heterocycles. The molecule has 0 radical (unpaired) electrons. The number of para-hydroxylation sites is 1. The van der Waals surface area contributed by atoms with Crippen LogP contribution in [0.1, 0.15) is 40.9 Å². The first-order chi connectivity index (χ1) is 13.5. The molecular weight excluding hydrogens is 376 g/mol. The van der Waals surface area contributed by atoms with Crippen LogP contribution in [0.4, 0.5) is 0 Å². The van der Waals surface area contributed by atoms with Gasteiger partial charge in [-0.05, 0) is 48.3 Å². The minimum atomic E-state index is -0.553. The summed E-state index contributed by atoms with van der Waals surface area (Å²) in [6.45, 7) is 1.79. The first-order valence-electron chi connectivity index (χ1n) is 9.11. The number of carbonyl (C=O) groups excluding carboxylic acids is 2. The summed E-state index contributed by atoms with van der Waals surface area (Å²) in [5.74, 6) is -0.862. The van der Waals surface area contributed by atoms with E-state index in [1.165, 1.54) is 18.1 Å². The third-order valence-electron chi connectivity index (χ3n) is 4.42. The summed E-state index contributed by atoms with van der Waals surface area (Å²) in [6, 6.07) is 15.0. The van der Waals surface area contributed by atoms with Crippen LogP contribution < -0.4 is 15.4 Å². The van der Waals surface area contributed by atoms with Gasteiger partial charge in [0.25, 0.3) is 0 Å². The molecule has 3 rings (SSSR count). The van der Waals surface area contributed by atoms with E-state index in [4.69, 9.17) is 21.7 Å². The Balaban J connectivity index is 1.43. The number of nitrogens with one attached hydrogen (secondary N) is 2. The summed E-state index contributed by atoms with van der Waals surface area (Å²) in [5, 5.41) is 6.89. The number of benzene rings is 2. The van der Waals surface area contributed by atoms with E-state index >= 15 is 0 Å². The Morgan fingerprint density at radius 2 is 1.89 bits per heavy atom. The summed E-state index contributed by atoms with van der Waals surface area (Å²) in [7, 11) is 0. The Morgan fingerprint density at radius 1 is 1.14 bits per heavy atom. The molecule has 6 nitrogen and oxygen atoms in total. The van der Waals surface area contributed by atoms with E-state index in [-0.39, 0.29) is 24.0 Å². The Kier molecular flexibility index (Phi) is 6.60. The predicted molar refractivity (Wildman–Crippen MR) is 109 cm³/mol. The van der Waals surface area contributed by atoms with Crippen LogP contribution in [0.15, 0.2) is 48.5 Å². The second-order valence-electron chi connectivity index (χ2n) is 6.42. The molecule has 146 valence electrons. The molecule has 1 aliphatic rings. The van der Waals surface area contributed by atoms with Crippen molar-refractivity contribution in [1.82, 2.24) is 10.6 Å². The second-order valence-corrected chi connectivity index (χ2v) is 6.82. The minimum Gasteiger partial charge on any atom is -0.460 e. The van der Waals surface area contributed by atoms with Crippen molar-refractivity contribution < 1.29 is 19.1 Å². The van der Waals surface area contributed by atoms with E-state index in [0.29, 0.717) is 11.7 Å². The SMILES string of the molecule is CC(=O)Oc1ccccc1C(=O)OCCNC(=S)NC1CCc2ccccc21. The monoisotopic (exact) mass is 398 g/mol. The summed E-state index contributed by atoms with van der Waals surface area (Å²) in [4.78, 5) is 23.4. The van der Waals surface area contributed by atoms with Crippen LogP contribution in [0.2, 0.25) is 0 Å². The number of esters is 2. The molecule has 0 heterocycles. The maximum atomic E-state index is 12.2. The molecule has 1 aliphatic carbocycles. The summed E-state index contributed by atoms with van der Waals surface area (Å²) in [6.07, 6.45) is 2.04. The molecule has 0 fully saturated rings. The van der Waals surface area contributed by atoms with Gasteiger partial charge < -0.3 is 20.1 Å². The standard InChI is InChI=1S/C21H22N2O4S/c1-14(24)27-19-9-5-4-8-17(19)20(25)26-13-12-22-21(28)23-18-11-10-15-6-2-3-7-16(15)18/h2-9,18H,10-13H2,1H3,(H2,22,23,28). The fourth-order valence-corrected chi connectivity index (χ4v) is 3.43. The van der Waals surface area contributed by atoms with Gasteiger partial charge in [0.1, 0.15) is 17.9 Å². The second kappa shape index (κ2) is 9.32. The number of rotatable bonds is 6. The van der Waals surface area contributed by atoms with Gasteiger partial charge in [-0.3, -0.25) is 4.79 Å². The molecule has 0 saturated heterocycles. The van der Waals surface area contributed by atoms with Crippen LogP contribution in [-0.2, 0) is 16.0 Å². The van der Waals surface area contributed by atoms with Gasteiger partial charge in [-0.2, -0.15) is 0 Å². The molecule has 2 aromatic rings. The Labute approximate surface area is 169 Å². The predicted octanol–water partition coefficient (Wildman–Crippen LogP) is 2.92. The smallest absolute Gasteiger partial charge is 0.342 e. The summed E-state index contributed by atoms with van der Waals surface area (Å²) < 4.78 is 10.3. The van der Waals surface area contributed by atoms with Crippen molar-refractivity contribution in [1.29, 1.82) is 0 Å². The van der Waals surface area contributed by atoms with E-state index < -0.39 is 11.9 Å². The van der Waals surface area contributed by atoms with Crippen LogP contribution in [0.5, 0.6) is 5.75 Å². The van der Waals surface area contributed by atoms with Gasteiger partial charge in [0.15, 0.2) is 5.11 Å². The fourth-order valence-electron chi connectivity index (χ4n) is 3.18. The number of carbonyl (C=O) groups is 2. The first-order valence-corrected chi connectivity index (χ1v) is 9.52. The van der Waals surface area contributed by atoms with Crippen LogP contribution >= 0.6 is 12.2 Å². The molecule has 2 N–H and O–H groups in total. The highest BCUT2D eigenvalue weighted by Crippen LogP contribution is 2.30. The number of ether oxygens (including phenoxy) is 2. The lowest BCUT2D eigenvalue weighted by molar-refractivity contribution is -0.131.